The van der Waals surface area contributed by atoms with E-state index in [0.717, 1.165) is 23.2 Å². The number of hydrogen-bond acceptors (Lipinski definition) is 5. The molecule has 6 rings (SSSR count). The molecule has 198 valence electrons. The number of ether oxygens (including phenoxy) is 1. The lowest BCUT2D eigenvalue weighted by Crippen LogP contribution is -2.78. The van der Waals surface area contributed by atoms with Crippen molar-refractivity contribution in [3.05, 3.63) is 71.8 Å². The molecule has 2 aromatic rings. The highest BCUT2D eigenvalue weighted by Gasteiger charge is 2.73. The number of aliphatic hydroxyl groups is 1. The monoisotopic (exact) mass is 512 g/mol. The zero-order chi connectivity index (χ0) is 26.7. The third-order valence-electron chi connectivity index (χ3n) is 9.22. The highest BCUT2D eigenvalue weighted by atomic mass is 16.5. The summed E-state index contributed by atoms with van der Waals surface area (Å²) in [6, 6.07) is 12.9. The zero-order valence-electron chi connectivity index (χ0n) is 22.2. The molecule has 6 nitrogen and oxygen atoms in total. The first-order valence-corrected chi connectivity index (χ1v) is 13.8. The fraction of sp³-hybridized carbons (Fsp3) is 0.469. The van der Waals surface area contributed by atoms with E-state index < -0.39 is 17.1 Å². The minimum absolute atomic E-state index is 0.0728. The molecule has 2 heterocycles. The molecule has 2 bridgehead atoms. The summed E-state index contributed by atoms with van der Waals surface area (Å²) in [5, 5.41) is 23.5. The Morgan fingerprint density at radius 1 is 1.26 bits per heavy atom. The van der Waals surface area contributed by atoms with Crippen LogP contribution in [0.1, 0.15) is 49.8 Å². The van der Waals surface area contributed by atoms with E-state index in [9.17, 15) is 15.0 Å². The Balaban J connectivity index is 1.44. The van der Waals surface area contributed by atoms with Gasteiger partial charge in [0.2, 0.25) is 0 Å². The number of phenols is 1. The zero-order valence-corrected chi connectivity index (χ0v) is 22.2. The van der Waals surface area contributed by atoms with Crippen LogP contribution in [-0.4, -0.2) is 69.3 Å². The molecule has 2 aromatic carbocycles. The molecule has 2 aliphatic carbocycles. The van der Waals surface area contributed by atoms with E-state index in [1.807, 2.05) is 47.4 Å². The minimum atomic E-state index is -1.02. The van der Waals surface area contributed by atoms with Crippen LogP contribution in [0, 0.1) is 17.8 Å². The van der Waals surface area contributed by atoms with Gasteiger partial charge in [0.1, 0.15) is 6.10 Å². The molecule has 0 aromatic heterocycles. The number of carbonyl (C=O) groups excluding carboxylic acids is 1. The van der Waals surface area contributed by atoms with Gasteiger partial charge in [0.05, 0.1) is 17.1 Å². The van der Waals surface area contributed by atoms with Crippen LogP contribution in [-0.2, 0) is 16.6 Å². The molecule has 1 amide bonds. The molecule has 2 N–H and O–H groups in total. The Morgan fingerprint density at radius 2 is 2.05 bits per heavy atom. The van der Waals surface area contributed by atoms with Crippen molar-refractivity contribution in [3.63, 3.8) is 0 Å². The first-order valence-electron chi connectivity index (χ1n) is 13.8. The number of likely N-dealkylation sites (tertiary alicyclic amines) is 1. The Labute approximate surface area is 224 Å². The quantitative estimate of drug-likeness (QED) is 0.473. The summed E-state index contributed by atoms with van der Waals surface area (Å²) in [7, 11) is 0. The lowest BCUT2D eigenvalue weighted by Gasteiger charge is -2.64. The summed E-state index contributed by atoms with van der Waals surface area (Å²) in [5.74, 6) is 6.52. The molecular formula is C32H36N2O4. The molecule has 4 aliphatic rings. The van der Waals surface area contributed by atoms with Crippen LogP contribution in [0.4, 0.5) is 0 Å². The van der Waals surface area contributed by atoms with Gasteiger partial charge in [0.15, 0.2) is 11.5 Å². The van der Waals surface area contributed by atoms with Crippen molar-refractivity contribution in [1.29, 1.82) is 0 Å². The van der Waals surface area contributed by atoms with E-state index in [1.165, 1.54) is 0 Å². The van der Waals surface area contributed by atoms with Gasteiger partial charge in [-0.2, -0.15) is 0 Å². The van der Waals surface area contributed by atoms with Crippen molar-refractivity contribution < 1.29 is 19.7 Å². The second kappa shape index (κ2) is 9.18. The molecule has 2 fully saturated rings. The van der Waals surface area contributed by atoms with Gasteiger partial charge >= 0.3 is 0 Å². The fourth-order valence-corrected chi connectivity index (χ4v) is 7.79. The average molecular weight is 513 g/mol. The van der Waals surface area contributed by atoms with E-state index in [-0.39, 0.29) is 29.7 Å². The van der Waals surface area contributed by atoms with Crippen molar-refractivity contribution in [3.8, 4) is 23.3 Å². The summed E-state index contributed by atoms with van der Waals surface area (Å²) < 4.78 is 6.67. The van der Waals surface area contributed by atoms with Gasteiger partial charge in [0.25, 0.3) is 5.91 Å². The summed E-state index contributed by atoms with van der Waals surface area (Å²) in [5.41, 5.74) is 1.16. The van der Waals surface area contributed by atoms with E-state index in [2.05, 4.69) is 37.2 Å². The first kappa shape index (κ1) is 25.0. The number of benzene rings is 2. The predicted octanol–water partition coefficient (Wildman–Crippen LogP) is 3.64. The lowest BCUT2D eigenvalue weighted by molar-refractivity contribution is -0.199. The van der Waals surface area contributed by atoms with E-state index in [0.29, 0.717) is 44.5 Å². The van der Waals surface area contributed by atoms with Gasteiger partial charge in [0, 0.05) is 36.2 Å². The molecule has 1 spiro atoms. The molecular weight excluding hydrogens is 476 g/mol. The minimum Gasteiger partial charge on any atom is -0.504 e. The van der Waals surface area contributed by atoms with Gasteiger partial charge in [-0.25, -0.2) is 0 Å². The van der Waals surface area contributed by atoms with Crippen LogP contribution in [0.2, 0.25) is 0 Å². The fourth-order valence-electron chi connectivity index (χ4n) is 7.79. The number of phenolic OH excluding ortho intramolecular Hbond substituents is 1. The van der Waals surface area contributed by atoms with Crippen LogP contribution in [0.25, 0.3) is 0 Å². The highest BCUT2D eigenvalue weighted by Crippen LogP contribution is 2.65. The van der Waals surface area contributed by atoms with Crippen LogP contribution >= 0.6 is 0 Å². The lowest BCUT2D eigenvalue weighted by atomic mass is 9.48. The molecule has 1 saturated carbocycles. The maximum Gasteiger partial charge on any atom is 0.299 e. The third-order valence-corrected chi connectivity index (χ3v) is 9.22. The van der Waals surface area contributed by atoms with E-state index in [4.69, 9.17) is 4.74 Å². The summed E-state index contributed by atoms with van der Waals surface area (Å²) in [4.78, 5) is 17.9. The molecule has 6 heteroatoms. The Bertz CT molecular complexity index is 1330. The third kappa shape index (κ3) is 3.52. The molecule has 0 radical (unpaired) electrons. The Kier molecular flexibility index (Phi) is 6.05. The van der Waals surface area contributed by atoms with Crippen LogP contribution in [0.3, 0.4) is 0 Å². The number of amides is 1. The second-order valence-corrected chi connectivity index (χ2v) is 11.7. The number of hydrogen-bond donors (Lipinski definition) is 2. The second-order valence-electron chi connectivity index (χ2n) is 11.7. The predicted molar refractivity (Wildman–Crippen MR) is 146 cm³/mol. The number of aromatic hydroxyl groups is 1. The molecule has 0 unspecified atom stereocenters. The van der Waals surface area contributed by atoms with Crippen molar-refractivity contribution in [2.45, 2.75) is 68.7 Å². The smallest absolute Gasteiger partial charge is 0.299 e. The standard InChI is InChI=1S/C32H36N2O4/c1-4-17-33-18-16-31-28-23-11-12-25(35)29(28)38-30(31)24(14-15-32(31,37)26(33)19-23)34(20-21(2)3)27(36)13-10-22-8-6-5-7-9-22/h4-9,11-12,21,24,26,30,35,37H,1,14-20H2,2-3H3/t24-,26+,30-,31-,32+/m0/s1. The number of nitrogens with zero attached hydrogens (tertiary/aromatic N) is 2. The number of piperidine rings is 1. The SMILES string of the molecule is C=CCN1CC[C@]23c4c5ccc(O)c4O[C@H]2[C@@H](N(CC(C)C)C(=O)C#Cc2ccccc2)CC[C@@]3(O)[C@H]1C5. The summed E-state index contributed by atoms with van der Waals surface area (Å²) in [6.07, 6.45) is 4.00. The number of carbonyl (C=O) groups is 1. The van der Waals surface area contributed by atoms with Gasteiger partial charge < -0.3 is 19.8 Å². The van der Waals surface area contributed by atoms with Crippen LogP contribution in [0.5, 0.6) is 11.5 Å². The molecule has 1 saturated heterocycles. The summed E-state index contributed by atoms with van der Waals surface area (Å²) >= 11 is 0. The largest absolute Gasteiger partial charge is 0.504 e. The van der Waals surface area contributed by atoms with Crippen molar-refractivity contribution in [2.24, 2.45) is 5.92 Å². The van der Waals surface area contributed by atoms with Crippen LogP contribution < -0.4 is 4.74 Å². The summed E-state index contributed by atoms with van der Waals surface area (Å²) in [6.45, 7) is 10.2. The Hall–Kier alpha value is -3.27. The van der Waals surface area contributed by atoms with Crippen molar-refractivity contribution in [2.75, 3.05) is 19.6 Å². The van der Waals surface area contributed by atoms with Gasteiger partial charge in [-0.1, -0.05) is 50.1 Å². The Morgan fingerprint density at radius 3 is 2.79 bits per heavy atom. The van der Waals surface area contributed by atoms with Crippen LogP contribution in [0.15, 0.2) is 55.1 Å². The average Bonchev–Trinajstić information content (AvgIpc) is 3.26. The van der Waals surface area contributed by atoms with Crippen molar-refractivity contribution in [1.82, 2.24) is 9.80 Å². The number of rotatable bonds is 5. The normalized spacial score (nSPS) is 30.6. The molecule has 2 aliphatic heterocycles. The van der Waals surface area contributed by atoms with Gasteiger partial charge in [-0.3, -0.25) is 9.69 Å². The van der Waals surface area contributed by atoms with E-state index in [1.54, 1.807) is 6.07 Å². The topological polar surface area (TPSA) is 73.2 Å². The molecule has 38 heavy (non-hydrogen) atoms. The van der Waals surface area contributed by atoms with Gasteiger partial charge in [-0.05, 0) is 61.9 Å². The highest BCUT2D eigenvalue weighted by molar-refractivity contribution is 5.94. The molecule has 5 atom stereocenters. The maximum absolute atomic E-state index is 13.7. The van der Waals surface area contributed by atoms with E-state index >= 15 is 0 Å². The first-order chi connectivity index (χ1) is 18.3. The van der Waals surface area contributed by atoms with Gasteiger partial charge in [-0.15, -0.1) is 6.58 Å². The van der Waals surface area contributed by atoms with Crippen molar-refractivity contribution >= 4 is 5.91 Å². The maximum atomic E-state index is 13.7.